The van der Waals surface area contributed by atoms with Crippen molar-refractivity contribution in [3.05, 3.63) is 52.4 Å². The van der Waals surface area contributed by atoms with E-state index >= 15 is 0 Å². The average Bonchev–Trinajstić information content (AvgIpc) is 3.09. The van der Waals surface area contributed by atoms with E-state index in [1.807, 2.05) is 40.6 Å². The summed E-state index contributed by atoms with van der Waals surface area (Å²) in [6.45, 7) is 3.77. The molecule has 1 amide bonds. The van der Waals surface area contributed by atoms with E-state index in [-0.39, 0.29) is 18.0 Å². The first-order valence-electron chi connectivity index (χ1n) is 8.93. The third-order valence-corrected chi connectivity index (χ3v) is 5.85. The summed E-state index contributed by atoms with van der Waals surface area (Å²) >= 11 is 1.46. The van der Waals surface area contributed by atoms with Crippen LogP contribution < -0.4 is 5.56 Å². The van der Waals surface area contributed by atoms with Crippen molar-refractivity contribution in [1.29, 1.82) is 0 Å². The largest absolute Gasteiger partial charge is 0.341 e. The Labute approximate surface area is 155 Å². The predicted molar refractivity (Wildman–Crippen MR) is 104 cm³/mol. The molecule has 0 radical (unpaired) electrons. The van der Waals surface area contributed by atoms with Gasteiger partial charge in [-0.1, -0.05) is 37.3 Å². The highest BCUT2D eigenvalue weighted by molar-refractivity contribution is 7.17. The summed E-state index contributed by atoms with van der Waals surface area (Å²) < 4.78 is 1.45. The van der Waals surface area contributed by atoms with Gasteiger partial charge in [0.05, 0.1) is 11.7 Å². The summed E-state index contributed by atoms with van der Waals surface area (Å²) in [6, 6.07) is 9.83. The molecular formula is C20H21N3O2S. The average molecular weight is 367 g/mol. The molecule has 4 rings (SSSR count). The number of carbonyl (C=O) groups is 1. The van der Waals surface area contributed by atoms with Gasteiger partial charge in [-0.15, -0.1) is 11.3 Å². The zero-order valence-corrected chi connectivity index (χ0v) is 15.5. The van der Waals surface area contributed by atoms with Crippen molar-refractivity contribution in [2.45, 2.75) is 26.3 Å². The summed E-state index contributed by atoms with van der Waals surface area (Å²) in [4.78, 5) is 32.7. The second-order valence-electron chi connectivity index (χ2n) is 6.96. The topological polar surface area (TPSA) is 55.2 Å². The minimum absolute atomic E-state index is 0.00343. The summed E-state index contributed by atoms with van der Waals surface area (Å²) in [5.74, 6) is 0.517. The van der Waals surface area contributed by atoms with Crippen molar-refractivity contribution in [2.24, 2.45) is 5.92 Å². The first kappa shape index (κ1) is 17.0. The van der Waals surface area contributed by atoms with Gasteiger partial charge in [0.1, 0.15) is 11.4 Å². The van der Waals surface area contributed by atoms with E-state index in [4.69, 9.17) is 0 Å². The number of benzene rings is 1. The molecule has 0 unspecified atom stereocenters. The Morgan fingerprint density at radius 2 is 2.12 bits per heavy atom. The second-order valence-corrected chi connectivity index (χ2v) is 7.82. The van der Waals surface area contributed by atoms with Crippen LogP contribution in [0.1, 0.15) is 19.8 Å². The van der Waals surface area contributed by atoms with Crippen molar-refractivity contribution in [2.75, 3.05) is 13.1 Å². The number of piperidine rings is 1. The SMILES string of the molecule is C[C@@H]1CCCN(C(=O)Cn2cnc3scc(-c4ccccc4)c3c2=O)C1. The van der Waals surface area contributed by atoms with Gasteiger partial charge < -0.3 is 4.90 Å². The van der Waals surface area contributed by atoms with Gasteiger partial charge in [0, 0.05) is 24.0 Å². The van der Waals surface area contributed by atoms with E-state index in [1.165, 1.54) is 22.2 Å². The smallest absolute Gasteiger partial charge is 0.263 e. The van der Waals surface area contributed by atoms with Crippen LogP contribution in [0.2, 0.25) is 0 Å². The number of amides is 1. The van der Waals surface area contributed by atoms with Crippen LogP contribution in [-0.2, 0) is 11.3 Å². The highest BCUT2D eigenvalue weighted by Gasteiger charge is 2.22. The molecule has 0 saturated carbocycles. The van der Waals surface area contributed by atoms with Gasteiger partial charge in [-0.25, -0.2) is 4.98 Å². The normalized spacial score (nSPS) is 17.6. The molecule has 1 aliphatic rings. The Hall–Kier alpha value is -2.47. The van der Waals surface area contributed by atoms with Crippen LogP contribution >= 0.6 is 11.3 Å². The quantitative estimate of drug-likeness (QED) is 0.713. The molecule has 5 nitrogen and oxygen atoms in total. The summed E-state index contributed by atoms with van der Waals surface area (Å²) in [5.41, 5.74) is 1.73. The van der Waals surface area contributed by atoms with Gasteiger partial charge in [-0.3, -0.25) is 14.2 Å². The Bertz CT molecular complexity index is 993. The number of aromatic nitrogens is 2. The molecule has 3 aromatic rings. The maximum Gasteiger partial charge on any atom is 0.263 e. The van der Waals surface area contributed by atoms with Crippen LogP contribution in [0.3, 0.4) is 0 Å². The lowest BCUT2D eigenvalue weighted by Crippen LogP contribution is -2.42. The minimum atomic E-state index is -0.145. The van der Waals surface area contributed by atoms with Crippen molar-refractivity contribution < 1.29 is 4.79 Å². The van der Waals surface area contributed by atoms with Gasteiger partial charge >= 0.3 is 0 Å². The molecule has 1 fully saturated rings. The molecule has 6 heteroatoms. The van der Waals surface area contributed by atoms with Crippen LogP contribution in [0.15, 0.2) is 46.8 Å². The number of hydrogen-bond donors (Lipinski definition) is 0. The lowest BCUT2D eigenvalue weighted by molar-refractivity contribution is -0.133. The highest BCUT2D eigenvalue weighted by Crippen LogP contribution is 2.30. The van der Waals surface area contributed by atoms with Crippen LogP contribution in [-0.4, -0.2) is 33.4 Å². The van der Waals surface area contributed by atoms with E-state index in [9.17, 15) is 9.59 Å². The molecule has 1 atom stereocenters. The minimum Gasteiger partial charge on any atom is -0.341 e. The summed E-state index contributed by atoms with van der Waals surface area (Å²) in [6.07, 6.45) is 3.69. The van der Waals surface area contributed by atoms with Gasteiger partial charge in [-0.05, 0) is 24.3 Å². The Balaban J connectivity index is 1.67. The summed E-state index contributed by atoms with van der Waals surface area (Å²) in [7, 11) is 0. The Morgan fingerprint density at radius 3 is 2.88 bits per heavy atom. The second kappa shape index (κ2) is 7.03. The molecule has 1 aromatic carbocycles. The van der Waals surface area contributed by atoms with Crippen LogP contribution in [0.25, 0.3) is 21.3 Å². The highest BCUT2D eigenvalue weighted by atomic mass is 32.1. The number of likely N-dealkylation sites (tertiary alicyclic amines) is 1. The molecule has 0 aliphatic carbocycles. The lowest BCUT2D eigenvalue weighted by atomic mass is 10.0. The van der Waals surface area contributed by atoms with Crippen molar-refractivity contribution >= 4 is 27.5 Å². The first-order chi connectivity index (χ1) is 12.6. The number of fused-ring (bicyclic) bond motifs is 1. The van der Waals surface area contributed by atoms with Crippen molar-refractivity contribution in [1.82, 2.24) is 14.5 Å². The van der Waals surface area contributed by atoms with Crippen LogP contribution in [0, 0.1) is 5.92 Å². The fourth-order valence-corrected chi connectivity index (χ4v) is 4.48. The monoisotopic (exact) mass is 367 g/mol. The van der Waals surface area contributed by atoms with E-state index in [1.54, 1.807) is 0 Å². The van der Waals surface area contributed by atoms with Gasteiger partial charge in [0.25, 0.3) is 5.56 Å². The predicted octanol–water partition coefficient (Wildman–Crippen LogP) is 3.38. The molecule has 3 heterocycles. The molecule has 2 aromatic heterocycles. The third kappa shape index (κ3) is 3.17. The molecular weight excluding hydrogens is 346 g/mol. The molecule has 0 spiro atoms. The fourth-order valence-electron chi connectivity index (χ4n) is 3.57. The maximum atomic E-state index is 13.0. The molecule has 1 aliphatic heterocycles. The fraction of sp³-hybridized carbons (Fsp3) is 0.350. The van der Waals surface area contributed by atoms with Gasteiger partial charge in [-0.2, -0.15) is 0 Å². The van der Waals surface area contributed by atoms with Gasteiger partial charge in [0.15, 0.2) is 0 Å². The third-order valence-electron chi connectivity index (χ3n) is 4.96. The lowest BCUT2D eigenvalue weighted by Gasteiger charge is -2.31. The number of carbonyl (C=O) groups excluding carboxylic acids is 1. The first-order valence-corrected chi connectivity index (χ1v) is 9.81. The van der Waals surface area contributed by atoms with E-state index in [0.29, 0.717) is 16.1 Å². The Morgan fingerprint density at radius 1 is 1.31 bits per heavy atom. The van der Waals surface area contributed by atoms with E-state index in [2.05, 4.69) is 11.9 Å². The molecule has 0 bridgehead atoms. The summed E-state index contributed by atoms with van der Waals surface area (Å²) in [5, 5.41) is 2.57. The number of nitrogens with zero attached hydrogens (tertiary/aromatic N) is 3. The zero-order chi connectivity index (χ0) is 18.1. The maximum absolute atomic E-state index is 13.0. The van der Waals surface area contributed by atoms with Crippen molar-refractivity contribution in [3.63, 3.8) is 0 Å². The molecule has 0 N–H and O–H groups in total. The molecule has 134 valence electrons. The Kier molecular flexibility index (Phi) is 4.59. The van der Waals surface area contributed by atoms with E-state index in [0.717, 1.165) is 37.1 Å². The van der Waals surface area contributed by atoms with Crippen LogP contribution in [0.5, 0.6) is 0 Å². The standard InChI is InChI=1S/C20H21N3O2S/c1-14-6-5-9-22(10-14)17(24)11-23-13-21-19-18(20(23)25)16(12-26-19)15-7-3-2-4-8-15/h2-4,7-8,12-14H,5-6,9-11H2,1H3/t14-/m1/s1. The van der Waals surface area contributed by atoms with Crippen molar-refractivity contribution in [3.8, 4) is 11.1 Å². The number of thiophene rings is 1. The van der Waals surface area contributed by atoms with Crippen LogP contribution in [0.4, 0.5) is 0 Å². The molecule has 1 saturated heterocycles. The van der Waals surface area contributed by atoms with Gasteiger partial charge in [0.2, 0.25) is 5.91 Å². The molecule has 26 heavy (non-hydrogen) atoms. The number of rotatable bonds is 3. The number of hydrogen-bond acceptors (Lipinski definition) is 4. The zero-order valence-electron chi connectivity index (χ0n) is 14.7. The van der Waals surface area contributed by atoms with E-state index < -0.39 is 0 Å².